The van der Waals surface area contributed by atoms with Gasteiger partial charge in [-0.2, -0.15) is 0 Å². The SMILES string of the molecule is C=C.CCCCc1ccc2c(n1)[C@@H](c1ccc(OC)cc1C[C@H](C)CO[Si](C)(C)C(C)(C)C)[C@H](C)[C@H]2c1ccc2c(c1)OCO2. The number of aromatic nitrogens is 1. The van der Waals surface area contributed by atoms with Gasteiger partial charge in [-0.25, -0.2) is 0 Å². The van der Waals surface area contributed by atoms with Gasteiger partial charge in [-0.1, -0.05) is 66.2 Å². The van der Waals surface area contributed by atoms with E-state index in [1.807, 2.05) is 0 Å². The quantitative estimate of drug-likeness (QED) is 0.156. The number of hydrogen-bond acceptors (Lipinski definition) is 5. The summed E-state index contributed by atoms with van der Waals surface area (Å²) in [6, 6.07) is 17.7. The zero-order valence-electron chi connectivity index (χ0n) is 29.2. The molecule has 3 aromatic rings. The number of benzene rings is 2. The molecule has 1 aliphatic heterocycles. The Morgan fingerprint density at radius 2 is 1.69 bits per heavy atom. The van der Waals surface area contributed by atoms with Crippen molar-refractivity contribution >= 4 is 8.32 Å². The number of nitrogens with zero attached hydrogens (tertiary/aromatic N) is 1. The maximum atomic E-state index is 6.67. The fourth-order valence-electron chi connectivity index (χ4n) is 6.47. The zero-order chi connectivity index (χ0) is 32.9. The van der Waals surface area contributed by atoms with Gasteiger partial charge in [0.2, 0.25) is 6.79 Å². The van der Waals surface area contributed by atoms with Crippen LogP contribution in [-0.4, -0.2) is 33.8 Å². The molecule has 5 nitrogen and oxygen atoms in total. The van der Waals surface area contributed by atoms with E-state index in [4.69, 9.17) is 23.6 Å². The van der Waals surface area contributed by atoms with E-state index in [0.29, 0.717) is 11.8 Å². The summed E-state index contributed by atoms with van der Waals surface area (Å²) in [5.74, 6) is 3.66. The Morgan fingerprint density at radius 3 is 2.38 bits per heavy atom. The van der Waals surface area contributed by atoms with Crippen LogP contribution in [0.2, 0.25) is 18.1 Å². The largest absolute Gasteiger partial charge is 0.497 e. The summed E-state index contributed by atoms with van der Waals surface area (Å²) in [4.78, 5) is 5.40. The summed E-state index contributed by atoms with van der Waals surface area (Å²) in [7, 11) is -0.0684. The Balaban J connectivity index is 0.00000226. The van der Waals surface area contributed by atoms with Crippen LogP contribution in [0.5, 0.6) is 17.2 Å². The molecule has 0 spiro atoms. The highest BCUT2D eigenvalue weighted by Gasteiger charge is 2.42. The van der Waals surface area contributed by atoms with Crippen molar-refractivity contribution in [2.24, 2.45) is 11.8 Å². The maximum absolute atomic E-state index is 6.67. The number of ether oxygens (including phenoxy) is 3. The molecule has 4 atom stereocenters. The average molecular weight is 630 g/mol. The highest BCUT2D eigenvalue weighted by Crippen LogP contribution is 2.53. The Morgan fingerprint density at radius 1 is 0.978 bits per heavy atom. The van der Waals surface area contributed by atoms with Gasteiger partial charge in [0, 0.05) is 24.1 Å². The normalized spacial score (nSPS) is 19.4. The molecule has 0 radical (unpaired) electrons. The van der Waals surface area contributed by atoms with Crippen molar-refractivity contribution in [1.82, 2.24) is 4.98 Å². The van der Waals surface area contributed by atoms with Crippen molar-refractivity contribution in [2.45, 2.75) is 97.2 Å². The Hall–Kier alpha value is -3.09. The van der Waals surface area contributed by atoms with Crippen LogP contribution in [0.1, 0.15) is 99.9 Å². The predicted molar refractivity (Wildman–Crippen MR) is 189 cm³/mol. The molecule has 0 unspecified atom stereocenters. The zero-order valence-corrected chi connectivity index (χ0v) is 30.2. The van der Waals surface area contributed by atoms with Gasteiger partial charge in [-0.05, 0) is 102 Å². The molecule has 45 heavy (non-hydrogen) atoms. The monoisotopic (exact) mass is 629 g/mol. The molecule has 0 saturated carbocycles. The van der Waals surface area contributed by atoms with Gasteiger partial charge in [0.25, 0.3) is 0 Å². The molecule has 0 N–H and O–H groups in total. The Kier molecular flexibility index (Phi) is 11.2. The van der Waals surface area contributed by atoms with Gasteiger partial charge in [-0.3, -0.25) is 4.98 Å². The number of fused-ring (bicyclic) bond motifs is 2. The van der Waals surface area contributed by atoms with Crippen molar-refractivity contribution < 1.29 is 18.6 Å². The van der Waals surface area contributed by atoms with Crippen molar-refractivity contribution in [3.05, 3.63) is 95.3 Å². The van der Waals surface area contributed by atoms with E-state index < -0.39 is 8.32 Å². The number of hydrogen-bond donors (Lipinski definition) is 0. The summed E-state index contributed by atoms with van der Waals surface area (Å²) in [5, 5.41) is 0.196. The first kappa shape index (κ1) is 34.8. The first-order chi connectivity index (χ1) is 21.4. The number of aryl methyl sites for hydroxylation is 1. The van der Waals surface area contributed by atoms with Crippen molar-refractivity contribution in [3.63, 3.8) is 0 Å². The third-order valence-electron chi connectivity index (χ3n) is 10.0. The number of methoxy groups -OCH3 is 1. The van der Waals surface area contributed by atoms with Crippen LogP contribution in [0, 0.1) is 11.8 Å². The minimum atomic E-state index is -1.83. The van der Waals surface area contributed by atoms with Crippen molar-refractivity contribution in [1.29, 1.82) is 0 Å². The molecule has 5 rings (SSSR count). The molecule has 0 saturated heterocycles. The Bertz CT molecular complexity index is 1450. The topological polar surface area (TPSA) is 49.8 Å². The molecule has 1 aromatic heterocycles. The van der Waals surface area contributed by atoms with E-state index in [1.165, 1.54) is 33.6 Å². The second-order valence-electron chi connectivity index (χ2n) is 14.3. The molecule has 0 fully saturated rings. The van der Waals surface area contributed by atoms with Crippen LogP contribution in [0.3, 0.4) is 0 Å². The molecule has 6 heteroatoms. The van der Waals surface area contributed by atoms with Crippen LogP contribution in [-0.2, 0) is 17.3 Å². The second kappa shape index (κ2) is 14.6. The average Bonchev–Trinajstić information content (AvgIpc) is 3.60. The van der Waals surface area contributed by atoms with E-state index >= 15 is 0 Å². The van der Waals surface area contributed by atoms with E-state index in [-0.39, 0.29) is 23.7 Å². The van der Waals surface area contributed by atoms with E-state index in [0.717, 1.165) is 49.5 Å². The van der Waals surface area contributed by atoms with Gasteiger partial charge in [0.1, 0.15) is 5.75 Å². The van der Waals surface area contributed by atoms with Crippen LogP contribution < -0.4 is 14.2 Å². The second-order valence-corrected chi connectivity index (χ2v) is 19.1. The van der Waals surface area contributed by atoms with Crippen molar-refractivity contribution in [2.75, 3.05) is 20.5 Å². The Labute approximate surface area is 273 Å². The molecule has 1 aliphatic carbocycles. The predicted octanol–water partition coefficient (Wildman–Crippen LogP) is 10.1. The lowest BCUT2D eigenvalue weighted by molar-refractivity contribution is 0.174. The molecule has 0 amide bonds. The minimum Gasteiger partial charge on any atom is -0.497 e. The lowest BCUT2D eigenvalue weighted by Crippen LogP contribution is -2.41. The van der Waals surface area contributed by atoms with E-state index in [1.54, 1.807) is 7.11 Å². The smallest absolute Gasteiger partial charge is 0.231 e. The number of rotatable bonds is 11. The third kappa shape index (κ3) is 7.49. The summed E-state index contributed by atoms with van der Waals surface area (Å²) < 4.78 is 23.8. The summed E-state index contributed by atoms with van der Waals surface area (Å²) in [6.45, 7) is 25.6. The first-order valence-corrected chi connectivity index (χ1v) is 19.5. The van der Waals surface area contributed by atoms with Gasteiger partial charge < -0.3 is 18.6 Å². The van der Waals surface area contributed by atoms with Gasteiger partial charge >= 0.3 is 0 Å². The van der Waals surface area contributed by atoms with Crippen LogP contribution >= 0.6 is 0 Å². The summed E-state index contributed by atoms with van der Waals surface area (Å²) >= 11 is 0. The number of pyridine rings is 1. The lowest BCUT2D eigenvalue weighted by atomic mass is 9.79. The molecule has 244 valence electrons. The number of unbranched alkanes of at least 4 members (excludes halogenated alkanes) is 1. The molecular weight excluding hydrogens is 575 g/mol. The van der Waals surface area contributed by atoms with Gasteiger partial charge in [0.05, 0.1) is 12.8 Å². The van der Waals surface area contributed by atoms with E-state index in [2.05, 4.69) is 116 Å². The minimum absolute atomic E-state index is 0.182. The fourth-order valence-corrected chi connectivity index (χ4v) is 7.61. The highest BCUT2D eigenvalue weighted by atomic mass is 28.4. The molecule has 2 aromatic carbocycles. The third-order valence-corrected chi connectivity index (χ3v) is 14.5. The first-order valence-electron chi connectivity index (χ1n) is 16.6. The van der Waals surface area contributed by atoms with Crippen LogP contribution in [0.4, 0.5) is 0 Å². The summed E-state index contributed by atoms with van der Waals surface area (Å²) in [6.07, 6.45) is 4.26. The molecule has 0 bridgehead atoms. The van der Waals surface area contributed by atoms with Crippen LogP contribution in [0.25, 0.3) is 0 Å². The highest BCUT2D eigenvalue weighted by molar-refractivity contribution is 6.74. The molecule has 2 aliphatic rings. The standard InChI is InChI=1S/C37H51NO4Si.C2H4/c1-10-11-12-28-14-16-31-34(26-13-18-32-33(21-26)41-23-40-32)25(3)35(36(31)38-28)30-17-15-29(39-7)20-27(30)19-24(2)22-42-43(8,9)37(4,5)6;1-2/h13-18,20-21,24-25,34-35H,10-12,19,22-23H2,1-9H3;1-2H2/t24-,25+,34-,35+;/m0./s1. The lowest BCUT2D eigenvalue weighted by Gasteiger charge is -2.37. The fraction of sp³-hybridized carbons (Fsp3) is 0.513. The summed E-state index contributed by atoms with van der Waals surface area (Å²) in [5.41, 5.74) is 7.69. The maximum Gasteiger partial charge on any atom is 0.231 e. The van der Waals surface area contributed by atoms with Gasteiger partial charge in [-0.15, -0.1) is 13.2 Å². The molecular formula is C39H55NO4Si. The van der Waals surface area contributed by atoms with Crippen molar-refractivity contribution in [3.8, 4) is 17.2 Å². The van der Waals surface area contributed by atoms with E-state index in [9.17, 15) is 0 Å². The molecule has 2 heterocycles. The van der Waals surface area contributed by atoms with Crippen LogP contribution in [0.15, 0.2) is 61.7 Å². The van der Waals surface area contributed by atoms with Gasteiger partial charge in [0.15, 0.2) is 19.8 Å².